The Morgan fingerprint density at radius 3 is 2.14 bits per heavy atom. The molecule has 7 heteroatoms. The molecule has 1 saturated heterocycles. The Labute approximate surface area is 171 Å². The molecular weight excluding hydrogens is 393 g/mol. The molecule has 0 spiro atoms. The Hall–Kier alpha value is -2.25. The zero-order chi connectivity index (χ0) is 21.2. The number of piperidine rings is 1. The quantitative estimate of drug-likeness (QED) is 0.674. The topological polar surface area (TPSA) is 63.7 Å². The van der Waals surface area contributed by atoms with Crippen molar-refractivity contribution in [3.05, 3.63) is 65.5 Å². The van der Waals surface area contributed by atoms with Crippen molar-refractivity contribution in [2.45, 2.75) is 38.2 Å². The molecule has 3 rings (SSSR count). The summed E-state index contributed by atoms with van der Waals surface area (Å²) in [6.07, 6.45) is 0.464. The Bertz CT molecular complexity index is 947. The average molecular weight is 420 g/mol. The van der Waals surface area contributed by atoms with Gasteiger partial charge in [0.2, 0.25) is 10.0 Å². The minimum atomic E-state index is -3.59. The van der Waals surface area contributed by atoms with E-state index in [1.807, 2.05) is 0 Å². The highest BCUT2D eigenvalue weighted by Gasteiger charge is 2.31. The first-order chi connectivity index (χ1) is 13.7. The summed E-state index contributed by atoms with van der Waals surface area (Å²) in [5, 5.41) is 0. The van der Waals surface area contributed by atoms with Crippen molar-refractivity contribution < 1.29 is 22.3 Å². The first kappa shape index (κ1) is 21.5. The largest absolute Gasteiger partial charge is 0.454 e. The summed E-state index contributed by atoms with van der Waals surface area (Å²) in [6, 6.07) is 11.5. The lowest BCUT2D eigenvalue weighted by Crippen LogP contribution is -2.42. The molecule has 0 N–H and O–H groups in total. The van der Waals surface area contributed by atoms with Crippen molar-refractivity contribution in [2.75, 3.05) is 13.1 Å². The van der Waals surface area contributed by atoms with Gasteiger partial charge in [-0.25, -0.2) is 17.6 Å². The van der Waals surface area contributed by atoms with Gasteiger partial charge in [0.25, 0.3) is 0 Å². The predicted molar refractivity (Wildman–Crippen MR) is 108 cm³/mol. The molecule has 0 aliphatic carbocycles. The van der Waals surface area contributed by atoms with Crippen LogP contribution < -0.4 is 0 Å². The van der Waals surface area contributed by atoms with Crippen LogP contribution in [-0.2, 0) is 14.8 Å². The first-order valence-electron chi connectivity index (χ1n) is 9.73. The maximum absolute atomic E-state index is 13.0. The number of carbonyl (C=O) groups is 1. The molecule has 0 unspecified atom stereocenters. The molecule has 0 radical (unpaired) electrons. The standard InChI is InChI=1S/C22H26FNO4S/c1-15-12-16(2)14-24(13-15)29(26,27)21-10-6-19(7-11-21)22(25)28-17(3)18-4-8-20(23)9-5-18/h4-11,15-17H,12-14H2,1-3H3/t15-,16-,17-/m0/s1. The number of hydrogen-bond donors (Lipinski definition) is 0. The summed E-state index contributed by atoms with van der Waals surface area (Å²) in [5.41, 5.74) is 0.936. The zero-order valence-corrected chi connectivity index (χ0v) is 17.7. The van der Waals surface area contributed by atoms with Gasteiger partial charge in [-0.1, -0.05) is 26.0 Å². The number of ether oxygens (including phenoxy) is 1. The third-order valence-corrected chi connectivity index (χ3v) is 7.03. The highest BCUT2D eigenvalue weighted by Crippen LogP contribution is 2.27. The van der Waals surface area contributed by atoms with Crippen LogP contribution in [0.25, 0.3) is 0 Å². The molecule has 0 bridgehead atoms. The van der Waals surface area contributed by atoms with Gasteiger partial charge in [0, 0.05) is 13.1 Å². The molecule has 1 aliphatic heterocycles. The SMILES string of the molecule is C[C@H]1C[C@H](C)CN(S(=O)(=O)c2ccc(C(=O)O[C@@H](C)c3ccc(F)cc3)cc2)C1. The third kappa shape index (κ3) is 5.03. The van der Waals surface area contributed by atoms with Gasteiger partial charge in [0.1, 0.15) is 11.9 Å². The smallest absolute Gasteiger partial charge is 0.338 e. The summed E-state index contributed by atoms with van der Waals surface area (Å²) in [4.78, 5) is 12.6. The van der Waals surface area contributed by atoms with Crippen molar-refractivity contribution >= 4 is 16.0 Å². The molecule has 156 valence electrons. The van der Waals surface area contributed by atoms with Crippen LogP contribution in [0.2, 0.25) is 0 Å². The minimum Gasteiger partial charge on any atom is -0.454 e. The molecule has 1 aliphatic rings. The van der Waals surface area contributed by atoms with E-state index >= 15 is 0 Å². The van der Waals surface area contributed by atoms with Gasteiger partial charge >= 0.3 is 5.97 Å². The van der Waals surface area contributed by atoms with Crippen molar-refractivity contribution in [3.8, 4) is 0 Å². The van der Waals surface area contributed by atoms with Crippen LogP contribution in [0.1, 0.15) is 49.2 Å². The van der Waals surface area contributed by atoms with Crippen LogP contribution in [0.3, 0.4) is 0 Å². The van der Waals surface area contributed by atoms with Crippen molar-refractivity contribution in [2.24, 2.45) is 11.8 Å². The number of rotatable bonds is 5. The Morgan fingerprint density at radius 1 is 1.03 bits per heavy atom. The zero-order valence-electron chi connectivity index (χ0n) is 16.8. The lowest BCUT2D eigenvalue weighted by Gasteiger charge is -2.34. The van der Waals surface area contributed by atoms with E-state index in [4.69, 9.17) is 4.74 Å². The molecular formula is C22H26FNO4S. The van der Waals surface area contributed by atoms with Gasteiger partial charge in [-0.3, -0.25) is 0 Å². The summed E-state index contributed by atoms with van der Waals surface area (Å²) in [5.74, 6) is -0.293. The number of carbonyl (C=O) groups excluding carboxylic acids is 1. The summed E-state index contributed by atoms with van der Waals surface area (Å²) < 4.78 is 45.8. The van der Waals surface area contributed by atoms with Crippen LogP contribution in [0, 0.1) is 17.7 Å². The third-order valence-electron chi connectivity index (χ3n) is 5.19. The van der Waals surface area contributed by atoms with Crippen LogP contribution in [0.15, 0.2) is 53.4 Å². The number of nitrogens with zero attached hydrogens (tertiary/aromatic N) is 1. The van der Waals surface area contributed by atoms with Crippen LogP contribution in [0.4, 0.5) is 4.39 Å². The monoisotopic (exact) mass is 419 g/mol. The van der Waals surface area contributed by atoms with E-state index in [9.17, 15) is 17.6 Å². The van der Waals surface area contributed by atoms with E-state index in [1.165, 1.54) is 40.7 Å². The molecule has 3 atom stereocenters. The van der Waals surface area contributed by atoms with E-state index in [0.29, 0.717) is 30.5 Å². The Balaban J connectivity index is 1.70. The first-order valence-corrected chi connectivity index (χ1v) is 11.2. The van der Waals surface area contributed by atoms with Gasteiger partial charge in [0.05, 0.1) is 10.5 Å². The van der Waals surface area contributed by atoms with E-state index in [1.54, 1.807) is 19.1 Å². The van der Waals surface area contributed by atoms with Crippen molar-refractivity contribution in [3.63, 3.8) is 0 Å². The summed E-state index contributed by atoms with van der Waals surface area (Å²) in [7, 11) is -3.59. The molecule has 1 fully saturated rings. The number of benzene rings is 2. The van der Waals surface area contributed by atoms with Gasteiger partial charge in [0.15, 0.2) is 0 Å². The normalized spacial score (nSPS) is 21.5. The number of hydrogen-bond acceptors (Lipinski definition) is 4. The maximum atomic E-state index is 13.0. The molecule has 0 aromatic heterocycles. The van der Waals surface area contributed by atoms with Gasteiger partial charge in [-0.05, 0) is 67.1 Å². The minimum absolute atomic E-state index is 0.168. The van der Waals surface area contributed by atoms with Crippen LogP contribution >= 0.6 is 0 Å². The predicted octanol–water partition coefficient (Wildman–Crippen LogP) is 4.41. The highest BCUT2D eigenvalue weighted by molar-refractivity contribution is 7.89. The number of sulfonamides is 1. The number of esters is 1. The van der Waals surface area contributed by atoms with Crippen LogP contribution in [-0.4, -0.2) is 31.8 Å². The summed E-state index contributed by atoms with van der Waals surface area (Å²) >= 11 is 0. The number of halogens is 1. The Morgan fingerprint density at radius 2 is 1.59 bits per heavy atom. The fraction of sp³-hybridized carbons (Fsp3) is 0.409. The molecule has 0 saturated carbocycles. The second kappa shape index (κ2) is 8.63. The van der Waals surface area contributed by atoms with Gasteiger partial charge < -0.3 is 4.74 Å². The van der Waals surface area contributed by atoms with E-state index in [2.05, 4.69) is 13.8 Å². The molecule has 0 amide bonds. The lowest BCUT2D eigenvalue weighted by molar-refractivity contribution is 0.0337. The lowest BCUT2D eigenvalue weighted by atomic mass is 9.94. The molecule has 1 heterocycles. The van der Waals surface area contributed by atoms with Crippen LogP contribution in [0.5, 0.6) is 0 Å². The van der Waals surface area contributed by atoms with Crippen molar-refractivity contribution in [1.29, 1.82) is 0 Å². The Kier molecular flexibility index (Phi) is 6.39. The van der Waals surface area contributed by atoms with E-state index in [0.717, 1.165) is 6.42 Å². The van der Waals surface area contributed by atoms with E-state index < -0.39 is 22.1 Å². The molecule has 2 aromatic rings. The highest BCUT2D eigenvalue weighted by atomic mass is 32.2. The molecule has 29 heavy (non-hydrogen) atoms. The average Bonchev–Trinajstić information content (AvgIpc) is 2.67. The van der Waals surface area contributed by atoms with Gasteiger partial charge in [-0.15, -0.1) is 0 Å². The summed E-state index contributed by atoms with van der Waals surface area (Å²) in [6.45, 7) is 6.82. The molecule has 5 nitrogen and oxygen atoms in total. The second-order valence-electron chi connectivity index (χ2n) is 7.89. The van der Waals surface area contributed by atoms with E-state index in [-0.39, 0.29) is 16.3 Å². The second-order valence-corrected chi connectivity index (χ2v) is 9.83. The van der Waals surface area contributed by atoms with Crippen molar-refractivity contribution in [1.82, 2.24) is 4.31 Å². The maximum Gasteiger partial charge on any atom is 0.338 e. The van der Waals surface area contributed by atoms with Gasteiger partial charge in [-0.2, -0.15) is 4.31 Å². The fourth-order valence-electron chi connectivity index (χ4n) is 3.74. The fourth-order valence-corrected chi connectivity index (χ4v) is 5.42. The molecule has 2 aromatic carbocycles.